The van der Waals surface area contributed by atoms with Crippen LogP contribution in [0.25, 0.3) is 115 Å². The Bertz CT molecular complexity index is 3660. The van der Waals surface area contributed by atoms with Crippen LogP contribution >= 0.6 is 34.0 Å². The normalized spacial score (nSPS) is 13.7. The van der Waals surface area contributed by atoms with E-state index in [2.05, 4.69) is 172 Å². The van der Waals surface area contributed by atoms with E-state index in [0.29, 0.717) is 0 Å². The van der Waals surface area contributed by atoms with Crippen LogP contribution in [-0.4, -0.2) is 0 Å². The lowest BCUT2D eigenvalue weighted by atomic mass is 9.80. The van der Waals surface area contributed by atoms with Crippen LogP contribution in [0.3, 0.4) is 0 Å². The smallest absolute Gasteiger partial charge is 0.0448 e. The fourth-order valence-electron chi connectivity index (χ4n) is 9.95. The minimum absolute atomic E-state index is 0.0509. The van der Waals surface area contributed by atoms with Gasteiger partial charge < -0.3 is 0 Å². The van der Waals surface area contributed by atoms with E-state index in [9.17, 15) is 0 Å². The molecule has 0 radical (unpaired) electrons. The van der Waals surface area contributed by atoms with Crippen molar-refractivity contribution in [3.8, 4) is 33.4 Å². The summed E-state index contributed by atoms with van der Waals surface area (Å²) in [7, 11) is 0. The molecule has 0 unspecified atom stereocenters. The molecule has 0 fully saturated rings. The van der Waals surface area contributed by atoms with Gasteiger partial charge in [-0.2, -0.15) is 0 Å². The molecule has 12 aromatic rings. The highest BCUT2D eigenvalue weighted by atomic mass is 32.1. The summed E-state index contributed by atoms with van der Waals surface area (Å²) < 4.78 is 8.24. The highest BCUT2D eigenvalue weighted by Crippen LogP contribution is 2.54. The number of rotatable bonds is 2. The van der Waals surface area contributed by atoms with Crippen molar-refractivity contribution in [1.29, 1.82) is 0 Å². The molecule has 3 heteroatoms. The SMILES string of the molecule is CC1(C)c2ccccc2-c2ccc3ccc4c5cc(-c6ccc(-c7ccc8sc9c(ccc%10ccc%11c%12ccccc%12sc%11c%109)c8c7)cc6)ccc5sc4c3c21. The van der Waals surface area contributed by atoms with E-state index >= 15 is 0 Å². The number of benzene rings is 9. The third-order valence-corrected chi connectivity index (χ3v) is 16.3. The van der Waals surface area contributed by atoms with E-state index in [0.717, 1.165) is 0 Å². The van der Waals surface area contributed by atoms with Crippen LogP contribution < -0.4 is 0 Å². The maximum absolute atomic E-state index is 2.42. The molecule has 13 rings (SSSR count). The minimum atomic E-state index is -0.0509. The molecular formula is C53H32S3. The lowest BCUT2D eigenvalue weighted by molar-refractivity contribution is 0.666. The molecule has 0 saturated heterocycles. The van der Waals surface area contributed by atoms with Gasteiger partial charge in [0.2, 0.25) is 0 Å². The van der Waals surface area contributed by atoms with Crippen molar-refractivity contribution < 1.29 is 0 Å². The van der Waals surface area contributed by atoms with Gasteiger partial charge in [0.05, 0.1) is 0 Å². The molecule has 3 heterocycles. The van der Waals surface area contributed by atoms with Crippen LogP contribution in [0.15, 0.2) is 158 Å². The van der Waals surface area contributed by atoms with Crippen LogP contribution in [0.2, 0.25) is 0 Å². The largest absolute Gasteiger partial charge is 0.135 e. The highest BCUT2D eigenvalue weighted by molar-refractivity contribution is 7.29. The molecule has 0 bridgehead atoms. The van der Waals surface area contributed by atoms with Gasteiger partial charge in [-0.15, -0.1) is 34.0 Å². The monoisotopic (exact) mass is 764 g/mol. The average Bonchev–Trinajstić information content (AvgIpc) is 3.98. The first-order valence-corrected chi connectivity index (χ1v) is 21.8. The molecule has 0 aliphatic heterocycles. The van der Waals surface area contributed by atoms with Crippen molar-refractivity contribution in [1.82, 2.24) is 0 Å². The number of fused-ring (bicyclic) bond motifs is 18. The predicted molar refractivity (Wildman–Crippen MR) is 249 cm³/mol. The van der Waals surface area contributed by atoms with Gasteiger partial charge in [0.25, 0.3) is 0 Å². The Kier molecular flexibility index (Phi) is 6.24. The first-order valence-electron chi connectivity index (χ1n) is 19.3. The molecule has 9 aromatic carbocycles. The van der Waals surface area contributed by atoms with Crippen molar-refractivity contribution >= 4 is 116 Å². The molecule has 0 N–H and O–H groups in total. The molecule has 0 saturated carbocycles. The minimum Gasteiger partial charge on any atom is -0.135 e. The Morgan fingerprint density at radius 3 is 1.48 bits per heavy atom. The van der Waals surface area contributed by atoms with Crippen LogP contribution in [0, 0.1) is 0 Å². The zero-order valence-electron chi connectivity index (χ0n) is 30.7. The van der Waals surface area contributed by atoms with E-state index in [-0.39, 0.29) is 5.41 Å². The number of hydrogen-bond acceptors (Lipinski definition) is 3. The fourth-order valence-corrected chi connectivity index (χ4v) is 13.8. The Labute approximate surface area is 335 Å². The van der Waals surface area contributed by atoms with Crippen LogP contribution in [-0.2, 0) is 5.41 Å². The molecule has 0 nitrogen and oxygen atoms in total. The van der Waals surface area contributed by atoms with Crippen LogP contribution in [0.4, 0.5) is 0 Å². The molecule has 0 spiro atoms. The van der Waals surface area contributed by atoms with Gasteiger partial charge in [0.1, 0.15) is 0 Å². The van der Waals surface area contributed by atoms with E-state index in [1.54, 1.807) is 0 Å². The van der Waals surface area contributed by atoms with Gasteiger partial charge in [-0.1, -0.05) is 141 Å². The summed E-state index contributed by atoms with van der Waals surface area (Å²) in [5.74, 6) is 0. The third kappa shape index (κ3) is 4.18. The summed E-state index contributed by atoms with van der Waals surface area (Å²) in [6, 6.07) is 59.7. The molecule has 0 amide bonds. The molecule has 1 aliphatic rings. The Hall–Kier alpha value is -5.84. The van der Waals surface area contributed by atoms with Gasteiger partial charge in [-0.05, 0) is 85.6 Å². The second-order valence-electron chi connectivity index (χ2n) is 16.0. The number of thiophene rings is 3. The first kappa shape index (κ1) is 31.4. The second-order valence-corrected chi connectivity index (χ2v) is 19.1. The van der Waals surface area contributed by atoms with Crippen molar-refractivity contribution in [2.75, 3.05) is 0 Å². The van der Waals surface area contributed by atoms with Crippen LogP contribution in [0.1, 0.15) is 25.0 Å². The summed E-state index contributed by atoms with van der Waals surface area (Å²) in [6.07, 6.45) is 0. The summed E-state index contributed by atoms with van der Waals surface area (Å²) in [5, 5.41) is 13.6. The number of hydrogen-bond donors (Lipinski definition) is 0. The molecule has 1 aliphatic carbocycles. The van der Waals surface area contributed by atoms with Gasteiger partial charge in [0.15, 0.2) is 0 Å². The van der Waals surface area contributed by atoms with Crippen molar-refractivity contribution in [3.63, 3.8) is 0 Å². The topological polar surface area (TPSA) is 0 Å². The summed E-state index contributed by atoms with van der Waals surface area (Å²) in [5.41, 5.74) is 10.6. The second kappa shape index (κ2) is 11.1. The molecule has 3 aromatic heterocycles. The molecule has 262 valence electrons. The van der Waals surface area contributed by atoms with Crippen molar-refractivity contribution in [3.05, 3.63) is 169 Å². The van der Waals surface area contributed by atoms with E-state index in [1.807, 2.05) is 34.0 Å². The Balaban J connectivity index is 0.899. The molecule has 0 atom stereocenters. The highest BCUT2D eigenvalue weighted by Gasteiger charge is 2.37. The average molecular weight is 765 g/mol. The van der Waals surface area contributed by atoms with Crippen LogP contribution in [0.5, 0.6) is 0 Å². The maximum atomic E-state index is 2.42. The fraction of sp³-hybridized carbons (Fsp3) is 0.0566. The zero-order chi connectivity index (χ0) is 36.9. The van der Waals surface area contributed by atoms with E-state index in [1.165, 1.54) is 127 Å². The van der Waals surface area contributed by atoms with Gasteiger partial charge in [-0.3, -0.25) is 0 Å². The van der Waals surface area contributed by atoms with Gasteiger partial charge >= 0.3 is 0 Å². The zero-order valence-corrected chi connectivity index (χ0v) is 33.2. The van der Waals surface area contributed by atoms with E-state index in [4.69, 9.17) is 0 Å². The standard InChI is InChI=1S/C53H32S3/c1-53(2)43-9-5-3-7-35(43)37-21-15-31-16-23-39-41-27-33(19-25-45(41)55-50(39)47(31)49(37)53)29-11-13-30(14-12-29)34-20-26-46-42(28-34)40-24-18-32-17-22-38-36-8-4-6-10-44(36)54-51(38)48(32)52(40)56-46/h3-28H,1-2H3. The Morgan fingerprint density at radius 1 is 0.357 bits per heavy atom. The summed E-state index contributed by atoms with van der Waals surface area (Å²) >= 11 is 5.80. The predicted octanol–water partition coefficient (Wildman–Crippen LogP) is 16.7. The third-order valence-electron chi connectivity index (χ3n) is 12.6. The maximum Gasteiger partial charge on any atom is 0.0448 e. The molecule has 56 heavy (non-hydrogen) atoms. The lowest BCUT2D eigenvalue weighted by Crippen LogP contribution is -2.15. The summed E-state index contributed by atoms with van der Waals surface area (Å²) in [4.78, 5) is 0. The Morgan fingerprint density at radius 2 is 0.839 bits per heavy atom. The van der Waals surface area contributed by atoms with Crippen molar-refractivity contribution in [2.45, 2.75) is 19.3 Å². The quantitative estimate of drug-likeness (QED) is 0.164. The van der Waals surface area contributed by atoms with Gasteiger partial charge in [0, 0.05) is 76.7 Å². The summed E-state index contributed by atoms with van der Waals surface area (Å²) in [6.45, 7) is 4.80. The lowest BCUT2D eigenvalue weighted by Gasteiger charge is -2.23. The van der Waals surface area contributed by atoms with E-state index < -0.39 is 0 Å². The first-order chi connectivity index (χ1) is 27.5. The van der Waals surface area contributed by atoms with Gasteiger partial charge in [-0.25, -0.2) is 0 Å². The molecular weight excluding hydrogens is 733 g/mol. The van der Waals surface area contributed by atoms with Crippen molar-refractivity contribution in [2.24, 2.45) is 0 Å².